The Bertz CT molecular complexity index is 1480. The Labute approximate surface area is 189 Å². The molecule has 0 unspecified atom stereocenters. The van der Waals surface area contributed by atoms with E-state index in [-0.39, 0.29) is 29.5 Å². The fourth-order valence-electron chi connectivity index (χ4n) is 4.17. The van der Waals surface area contributed by atoms with Crippen molar-refractivity contribution >= 4 is 32.5 Å². The molecule has 4 aromatic rings. The van der Waals surface area contributed by atoms with Gasteiger partial charge in [-0.2, -0.15) is 5.10 Å². The van der Waals surface area contributed by atoms with Crippen molar-refractivity contribution in [3.05, 3.63) is 83.5 Å². The van der Waals surface area contributed by atoms with Crippen molar-refractivity contribution in [2.75, 3.05) is 16.4 Å². The van der Waals surface area contributed by atoms with Crippen molar-refractivity contribution in [2.45, 2.75) is 19.0 Å². The predicted octanol–water partition coefficient (Wildman–Crippen LogP) is 1.80. The van der Waals surface area contributed by atoms with Crippen LogP contribution in [0.2, 0.25) is 0 Å². The lowest BCUT2D eigenvalue weighted by Crippen LogP contribution is -2.44. The zero-order valence-electron chi connectivity index (χ0n) is 17.6. The lowest BCUT2D eigenvalue weighted by atomic mass is 10.1. The first kappa shape index (κ1) is 21.1. The first-order valence-corrected chi connectivity index (χ1v) is 12.3. The normalized spacial score (nSPS) is 17.3. The molecule has 168 valence electrons. The number of fused-ring (bicyclic) bond motifs is 1. The monoisotopic (exact) mass is 463 g/mol. The quantitative estimate of drug-likeness (QED) is 0.447. The summed E-state index contributed by atoms with van der Waals surface area (Å²) in [7, 11) is -3.20. The average molecular weight is 464 g/mol. The van der Waals surface area contributed by atoms with Crippen molar-refractivity contribution in [3.63, 3.8) is 0 Å². The van der Waals surface area contributed by atoms with Crippen LogP contribution in [0.25, 0.3) is 16.7 Å². The number of nitrogens with zero attached hydrogens (tertiary/aromatic N) is 5. The Morgan fingerprint density at radius 2 is 1.76 bits per heavy atom. The van der Waals surface area contributed by atoms with E-state index in [2.05, 4.69) is 10.1 Å². The number of sulfone groups is 1. The van der Waals surface area contributed by atoms with Crippen molar-refractivity contribution in [1.29, 1.82) is 0 Å². The summed E-state index contributed by atoms with van der Waals surface area (Å²) in [5.74, 6) is -0.425. The van der Waals surface area contributed by atoms with Gasteiger partial charge in [0.05, 0.1) is 29.4 Å². The largest absolute Gasteiger partial charge is 0.307 e. The molecule has 1 aliphatic rings. The molecule has 2 aromatic heterocycles. The van der Waals surface area contributed by atoms with Gasteiger partial charge in [-0.15, -0.1) is 0 Å². The van der Waals surface area contributed by atoms with Crippen molar-refractivity contribution < 1.29 is 13.2 Å². The van der Waals surface area contributed by atoms with Gasteiger partial charge in [0, 0.05) is 5.69 Å². The topological polar surface area (TPSA) is 107 Å². The van der Waals surface area contributed by atoms with Gasteiger partial charge in [0.2, 0.25) is 5.91 Å². The number of para-hydroxylation sites is 2. The Balaban J connectivity index is 1.48. The average Bonchev–Trinajstić information content (AvgIpc) is 3.41. The lowest BCUT2D eigenvalue weighted by molar-refractivity contribution is -0.119. The molecule has 33 heavy (non-hydrogen) atoms. The molecule has 0 radical (unpaired) electrons. The number of benzene rings is 2. The van der Waals surface area contributed by atoms with E-state index in [1.165, 1.54) is 22.0 Å². The minimum absolute atomic E-state index is 0.0421. The summed E-state index contributed by atoms with van der Waals surface area (Å²) in [5.41, 5.74) is 1.38. The number of amides is 1. The summed E-state index contributed by atoms with van der Waals surface area (Å²) < 4.78 is 26.9. The molecular weight excluding hydrogens is 442 g/mol. The molecule has 2 aromatic carbocycles. The molecular formula is C23H21N5O4S. The highest BCUT2D eigenvalue weighted by atomic mass is 32.2. The third-order valence-corrected chi connectivity index (χ3v) is 7.49. The summed E-state index contributed by atoms with van der Waals surface area (Å²) in [5, 5.41) is 4.58. The van der Waals surface area contributed by atoms with E-state index in [9.17, 15) is 18.0 Å². The van der Waals surface area contributed by atoms with Gasteiger partial charge in [0.15, 0.2) is 15.5 Å². The fourth-order valence-corrected chi connectivity index (χ4v) is 5.87. The van der Waals surface area contributed by atoms with Gasteiger partial charge in [-0.05, 0) is 30.7 Å². The SMILES string of the molecule is O=C(Cn1cnc2c(cnn2-c2ccccc2)c1=O)N(c1ccccc1)[C@H]1CCS(=O)(=O)C1. The van der Waals surface area contributed by atoms with Gasteiger partial charge in [0.1, 0.15) is 18.3 Å². The minimum Gasteiger partial charge on any atom is -0.307 e. The third kappa shape index (κ3) is 4.05. The first-order chi connectivity index (χ1) is 15.9. The van der Waals surface area contributed by atoms with Crippen LogP contribution < -0.4 is 10.5 Å². The van der Waals surface area contributed by atoms with Gasteiger partial charge in [-0.3, -0.25) is 14.2 Å². The molecule has 5 rings (SSSR count). The van der Waals surface area contributed by atoms with Crippen LogP contribution in [0.4, 0.5) is 5.69 Å². The highest BCUT2D eigenvalue weighted by molar-refractivity contribution is 7.91. The maximum atomic E-state index is 13.3. The van der Waals surface area contributed by atoms with Gasteiger partial charge in [-0.25, -0.2) is 18.1 Å². The van der Waals surface area contributed by atoms with Crippen LogP contribution in [0.15, 0.2) is 78.0 Å². The van der Waals surface area contributed by atoms with Crippen LogP contribution in [-0.4, -0.2) is 51.2 Å². The zero-order valence-corrected chi connectivity index (χ0v) is 18.4. The lowest BCUT2D eigenvalue weighted by Gasteiger charge is -2.28. The van der Waals surface area contributed by atoms with Crippen LogP contribution in [0.5, 0.6) is 0 Å². The third-order valence-electron chi connectivity index (χ3n) is 5.74. The molecule has 0 spiro atoms. The molecule has 1 amide bonds. The Morgan fingerprint density at radius 1 is 1.06 bits per heavy atom. The second-order valence-electron chi connectivity index (χ2n) is 7.96. The first-order valence-electron chi connectivity index (χ1n) is 10.5. The zero-order chi connectivity index (χ0) is 23.0. The maximum Gasteiger partial charge on any atom is 0.264 e. The molecule has 1 fully saturated rings. The molecule has 0 bridgehead atoms. The number of aromatic nitrogens is 4. The standard InChI is InChI=1S/C23H21N5O4S/c29-21(27(17-7-3-1-4-8-17)19-11-12-33(31,32)15-19)14-26-16-24-22-20(23(26)30)13-25-28(22)18-9-5-2-6-10-18/h1-10,13,16,19H,11-12,14-15H2/t19-/m0/s1. The molecule has 0 saturated carbocycles. The second-order valence-corrected chi connectivity index (χ2v) is 10.2. The number of hydrogen-bond acceptors (Lipinski definition) is 6. The number of hydrogen-bond donors (Lipinski definition) is 0. The van der Waals surface area contributed by atoms with Crippen molar-refractivity contribution in [2.24, 2.45) is 0 Å². The number of carbonyl (C=O) groups excluding carboxylic acids is 1. The highest BCUT2D eigenvalue weighted by Gasteiger charge is 2.35. The highest BCUT2D eigenvalue weighted by Crippen LogP contribution is 2.25. The second kappa shape index (κ2) is 8.28. The smallest absolute Gasteiger partial charge is 0.264 e. The molecule has 3 heterocycles. The Kier molecular flexibility index (Phi) is 5.29. The van der Waals surface area contributed by atoms with E-state index in [1.54, 1.807) is 28.9 Å². The molecule has 1 atom stereocenters. The molecule has 1 aliphatic heterocycles. The minimum atomic E-state index is -3.20. The molecule has 9 nitrogen and oxygen atoms in total. The van der Waals surface area contributed by atoms with Gasteiger partial charge >= 0.3 is 0 Å². The van der Waals surface area contributed by atoms with E-state index in [1.807, 2.05) is 36.4 Å². The van der Waals surface area contributed by atoms with Crippen LogP contribution in [0.3, 0.4) is 0 Å². The van der Waals surface area contributed by atoms with Crippen molar-refractivity contribution in [3.8, 4) is 5.69 Å². The van der Waals surface area contributed by atoms with Gasteiger partial charge in [0.25, 0.3) is 5.56 Å². The van der Waals surface area contributed by atoms with E-state index < -0.39 is 15.9 Å². The Morgan fingerprint density at radius 3 is 2.42 bits per heavy atom. The van der Waals surface area contributed by atoms with Crippen LogP contribution in [0, 0.1) is 0 Å². The van der Waals surface area contributed by atoms with Gasteiger partial charge in [-0.1, -0.05) is 36.4 Å². The number of carbonyl (C=O) groups is 1. The van der Waals surface area contributed by atoms with E-state index in [0.29, 0.717) is 23.1 Å². The van der Waals surface area contributed by atoms with E-state index in [4.69, 9.17) is 0 Å². The predicted molar refractivity (Wildman–Crippen MR) is 124 cm³/mol. The number of anilines is 1. The fraction of sp³-hybridized carbons (Fsp3) is 0.217. The number of rotatable bonds is 5. The molecule has 10 heteroatoms. The Hall–Kier alpha value is -3.79. The maximum absolute atomic E-state index is 13.3. The molecule has 0 aliphatic carbocycles. The van der Waals surface area contributed by atoms with Crippen LogP contribution >= 0.6 is 0 Å². The molecule has 1 saturated heterocycles. The van der Waals surface area contributed by atoms with Crippen LogP contribution in [-0.2, 0) is 21.2 Å². The van der Waals surface area contributed by atoms with E-state index in [0.717, 1.165) is 5.69 Å². The van der Waals surface area contributed by atoms with E-state index >= 15 is 0 Å². The van der Waals surface area contributed by atoms with Crippen LogP contribution in [0.1, 0.15) is 6.42 Å². The molecule has 0 N–H and O–H groups in total. The van der Waals surface area contributed by atoms with Gasteiger partial charge < -0.3 is 4.90 Å². The summed E-state index contributed by atoms with van der Waals surface area (Å²) in [4.78, 5) is 32.3. The summed E-state index contributed by atoms with van der Waals surface area (Å²) >= 11 is 0. The summed E-state index contributed by atoms with van der Waals surface area (Å²) in [6.45, 7) is -0.260. The summed E-state index contributed by atoms with van der Waals surface area (Å²) in [6.07, 6.45) is 3.13. The summed E-state index contributed by atoms with van der Waals surface area (Å²) in [6, 6.07) is 17.8. The van der Waals surface area contributed by atoms with Crippen molar-refractivity contribution in [1.82, 2.24) is 19.3 Å².